The quantitative estimate of drug-likeness (QED) is 0.539. The number of hydrogen-bond acceptors (Lipinski definition) is 1. The van der Waals surface area contributed by atoms with Crippen LogP contribution in [0.25, 0.3) is 0 Å². The van der Waals surface area contributed by atoms with Gasteiger partial charge in [-0.15, -0.1) is 0 Å². The lowest BCUT2D eigenvalue weighted by atomic mass is 10.2. The van der Waals surface area contributed by atoms with Crippen molar-refractivity contribution in [1.82, 2.24) is 0 Å². The molecule has 0 spiro atoms. The summed E-state index contributed by atoms with van der Waals surface area (Å²) in [5, 5.41) is 0.519. The first-order valence-electron chi connectivity index (χ1n) is 2.82. The smallest absolute Gasteiger partial charge is 0.00454 e. The molecule has 1 unspecified atom stereocenters. The molecule has 0 saturated carbocycles. The van der Waals surface area contributed by atoms with Gasteiger partial charge in [-0.25, -0.2) is 0 Å². The molecule has 0 aliphatic carbocycles. The van der Waals surface area contributed by atoms with Gasteiger partial charge in [0.05, 0.1) is 0 Å². The van der Waals surface area contributed by atoms with Crippen LogP contribution in [0, 0.1) is 6.42 Å². The summed E-state index contributed by atoms with van der Waals surface area (Å²) in [5.74, 6) is 0. The Morgan fingerprint density at radius 2 is 2.14 bits per heavy atom. The molecule has 0 bridgehead atoms. The van der Waals surface area contributed by atoms with Crippen LogP contribution in [-0.2, 0) is 0 Å². The predicted molar refractivity (Wildman–Crippen MR) is 37.7 cm³/mol. The third-order valence-electron chi connectivity index (χ3n) is 0.926. The van der Waals surface area contributed by atoms with Crippen molar-refractivity contribution in [2.75, 3.05) is 0 Å². The zero-order chi connectivity index (χ0) is 5.70. The van der Waals surface area contributed by atoms with Crippen LogP contribution in [-0.4, -0.2) is 5.25 Å². The van der Waals surface area contributed by atoms with E-state index in [1.54, 1.807) is 0 Å². The molecule has 0 aliphatic heterocycles. The van der Waals surface area contributed by atoms with Gasteiger partial charge < -0.3 is 0 Å². The highest BCUT2D eigenvalue weighted by Crippen LogP contribution is 2.05. The highest BCUT2D eigenvalue weighted by molar-refractivity contribution is 7.81. The third kappa shape index (κ3) is 4.20. The summed E-state index contributed by atoms with van der Waals surface area (Å²) in [4.78, 5) is 0. The first-order valence-corrected chi connectivity index (χ1v) is 3.34. The summed E-state index contributed by atoms with van der Waals surface area (Å²) in [7, 11) is 0. The Hall–Kier alpha value is 0.350. The van der Waals surface area contributed by atoms with Crippen LogP contribution in [0.15, 0.2) is 0 Å². The van der Waals surface area contributed by atoms with Crippen molar-refractivity contribution < 1.29 is 0 Å². The van der Waals surface area contributed by atoms with Crippen LogP contribution in [0.4, 0.5) is 0 Å². The average molecular weight is 117 g/mol. The lowest BCUT2D eigenvalue weighted by molar-refractivity contribution is 0.875. The zero-order valence-corrected chi connectivity index (χ0v) is 5.91. The molecule has 0 fully saturated rings. The maximum atomic E-state index is 4.25. The molecule has 1 radical (unpaired) electrons. The van der Waals surface area contributed by atoms with E-state index in [9.17, 15) is 0 Å². The minimum Gasteiger partial charge on any atom is -0.176 e. The standard InChI is InChI=1S/C6H13S/c1-3-5-6(7)4-2/h5-7H,3-4H2,1-2H3. The van der Waals surface area contributed by atoms with Crippen LogP contribution in [0.2, 0.25) is 0 Å². The second-order valence-electron chi connectivity index (χ2n) is 1.62. The van der Waals surface area contributed by atoms with E-state index in [1.807, 2.05) is 0 Å². The molecule has 1 atom stereocenters. The summed E-state index contributed by atoms with van der Waals surface area (Å²) < 4.78 is 0. The lowest BCUT2D eigenvalue weighted by Crippen LogP contribution is -1.93. The van der Waals surface area contributed by atoms with Crippen LogP contribution in [0.5, 0.6) is 0 Å². The molecule has 0 nitrogen and oxygen atoms in total. The summed E-state index contributed by atoms with van der Waals surface area (Å²) in [5.41, 5.74) is 0. The average Bonchev–Trinajstić information content (AvgIpc) is 1.68. The molecule has 0 N–H and O–H groups in total. The van der Waals surface area contributed by atoms with Crippen LogP contribution in [0.1, 0.15) is 26.7 Å². The van der Waals surface area contributed by atoms with Crippen molar-refractivity contribution in [2.24, 2.45) is 0 Å². The SMILES string of the molecule is CC[CH]C(S)CC. The molecule has 0 aromatic heterocycles. The van der Waals surface area contributed by atoms with Crippen molar-refractivity contribution >= 4 is 12.6 Å². The van der Waals surface area contributed by atoms with Crippen molar-refractivity contribution in [3.05, 3.63) is 6.42 Å². The van der Waals surface area contributed by atoms with Crippen LogP contribution in [0.3, 0.4) is 0 Å². The minimum atomic E-state index is 0.519. The van der Waals surface area contributed by atoms with Crippen LogP contribution >= 0.6 is 12.6 Å². The van der Waals surface area contributed by atoms with Crippen molar-refractivity contribution in [1.29, 1.82) is 0 Å². The van der Waals surface area contributed by atoms with E-state index < -0.39 is 0 Å². The lowest BCUT2D eigenvalue weighted by Gasteiger charge is -2.01. The maximum Gasteiger partial charge on any atom is 0.00454 e. The Morgan fingerprint density at radius 3 is 2.29 bits per heavy atom. The molecule has 0 amide bonds. The highest BCUT2D eigenvalue weighted by atomic mass is 32.1. The molecule has 43 valence electrons. The number of hydrogen-bond donors (Lipinski definition) is 1. The topological polar surface area (TPSA) is 0 Å². The van der Waals surface area contributed by atoms with E-state index in [-0.39, 0.29) is 0 Å². The van der Waals surface area contributed by atoms with Gasteiger partial charge in [-0.1, -0.05) is 20.3 Å². The summed E-state index contributed by atoms with van der Waals surface area (Å²) >= 11 is 4.25. The summed E-state index contributed by atoms with van der Waals surface area (Å²) in [6.45, 7) is 4.28. The molecule has 0 heterocycles. The zero-order valence-electron chi connectivity index (χ0n) is 5.02. The van der Waals surface area contributed by atoms with Gasteiger partial charge in [-0.2, -0.15) is 12.6 Å². The van der Waals surface area contributed by atoms with Gasteiger partial charge in [0.1, 0.15) is 0 Å². The largest absolute Gasteiger partial charge is 0.176 e. The van der Waals surface area contributed by atoms with Gasteiger partial charge in [0, 0.05) is 5.25 Å². The van der Waals surface area contributed by atoms with Crippen molar-refractivity contribution in [3.8, 4) is 0 Å². The molecule has 0 saturated heterocycles. The normalized spacial score (nSPS) is 14.1. The van der Waals surface area contributed by atoms with E-state index in [4.69, 9.17) is 0 Å². The molecular formula is C6H13S. The van der Waals surface area contributed by atoms with E-state index in [0.29, 0.717) is 5.25 Å². The van der Waals surface area contributed by atoms with E-state index in [2.05, 4.69) is 32.9 Å². The van der Waals surface area contributed by atoms with E-state index in [0.717, 1.165) is 12.8 Å². The van der Waals surface area contributed by atoms with Gasteiger partial charge >= 0.3 is 0 Å². The molecule has 0 aliphatic rings. The molecular weight excluding hydrogens is 104 g/mol. The Labute approximate surface area is 51.7 Å². The molecule has 7 heavy (non-hydrogen) atoms. The Bertz CT molecular complexity index is 35.2. The second-order valence-corrected chi connectivity index (χ2v) is 2.28. The molecule has 1 heteroatoms. The molecule has 0 aromatic rings. The Balaban J connectivity index is 2.83. The van der Waals surface area contributed by atoms with Crippen molar-refractivity contribution in [2.45, 2.75) is 31.9 Å². The fourth-order valence-corrected chi connectivity index (χ4v) is 0.650. The Morgan fingerprint density at radius 1 is 1.57 bits per heavy atom. The van der Waals surface area contributed by atoms with E-state index in [1.165, 1.54) is 0 Å². The Kier molecular flexibility index (Phi) is 4.73. The summed E-state index contributed by atoms with van der Waals surface area (Å²) in [6, 6.07) is 0. The van der Waals surface area contributed by atoms with Gasteiger partial charge in [-0.3, -0.25) is 0 Å². The maximum absolute atomic E-state index is 4.25. The first-order chi connectivity index (χ1) is 3.31. The molecule has 0 rings (SSSR count). The fraction of sp³-hybridized carbons (Fsp3) is 0.833. The molecule has 0 aromatic carbocycles. The van der Waals surface area contributed by atoms with Crippen molar-refractivity contribution in [3.63, 3.8) is 0 Å². The minimum absolute atomic E-state index is 0.519. The monoisotopic (exact) mass is 117 g/mol. The number of rotatable bonds is 3. The highest BCUT2D eigenvalue weighted by Gasteiger charge is 1.94. The predicted octanol–water partition coefficient (Wildman–Crippen LogP) is 2.31. The van der Waals surface area contributed by atoms with E-state index >= 15 is 0 Å². The number of thiol groups is 1. The van der Waals surface area contributed by atoms with Gasteiger partial charge in [0.15, 0.2) is 0 Å². The third-order valence-corrected chi connectivity index (χ3v) is 1.50. The van der Waals surface area contributed by atoms with Gasteiger partial charge in [-0.05, 0) is 12.8 Å². The first kappa shape index (κ1) is 7.35. The van der Waals surface area contributed by atoms with Gasteiger partial charge in [0.25, 0.3) is 0 Å². The fourth-order valence-electron chi connectivity index (χ4n) is 0.439. The summed E-state index contributed by atoms with van der Waals surface area (Å²) in [6.07, 6.45) is 4.50. The second kappa shape index (κ2) is 4.51. The van der Waals surface area contributed by atoms with Crippen LogP contribution < -0.4 is 0 Å². The van der Waals surface area contributed by atoms with Gasteiger partial charge in [0.2, 0.25) is 0 Å².